The summed E-state index contributed by atoms with van der Waals surface area (Å²) in [5, 5.41) is 2.65. The molecule has 0 atom stereocenters. The van der Waals surface area contributed by atoms with Gasteiger partial charge in [0.1, 0.15) is 0 Å². The van der Waals surface area contributed by atoms with Gasteiger partial charge in [-0.3, -0.25) is 0 Å². The average molecular weight is 1300 g/mol. The van der Waals surface area contributed by atoms with Crippen molar-refractivity contribution in [2.45, 2.75) is 5.41 Å². The van der Waals surface area contributed by atoms with Crippen LogP contribution in [0.5, 0.6) is 0 Å². The highest BCUT2D eigenvalue weighted by Crippen LogP contribution is 2.66. The number of hydrogen-bond acceptors (Lipinski definition) is 8. The maximum absolute atomic E-state index is 6.73. The van der Waals surface area contributed by atoms with Crippen molar-refractivity contribution in [1.82, 2.24) is 0 Å². The molecule has 0 fully saturated rings. The molecular weight excluding hydrogens is 1230 g/mol. The molecular formula is C81H68Cl4N8. The third-order valence-corrected chi connectivity index (χ3v) is 19.1. The first-order chi connectivity index (χ1) is 45.0. The minimum Gasteiger partial charge on any atom is -0.378 e. The largest absolute Gasteiger partial charge is 0.378 e. The molecule has 0 aliphatic heterocycles. The summed E-state index contributed by atoms with van der Waals surface area (Å²) in [6, 6.07) is 96.0. The zero-order valence-electron chi connectivity index (χ0n) is 53.0. The van der Waals surface area contributed by atoms with Crippen molar-refractivity contribution >= 4 is 137 Å². The molecule has 1 spiro atoms. The van der Waals surface area contributed by atoms with E-state index in [1.54, 1.807) is 0 Å². The Kier molecular flexibility index (Phi) is 16.1. The fraction of sp³-hybridized carbons (Fsp3) is 0.111. The van der Waals surface area contributed by atoms with Crippen molar-refractivity contribution in [3.05, 3.63) is 309 Å². The van der Waals surface area contributed by atoms with Gasteiger partial charge < -0.3 is 39.2 Å². The average Bonchev–Trinajstić information content (AvgIpc) is 1.51. The molecule has 0 N–H and O–H groups in total. The molecule has 0 amide bonds. The molecule has 12 heteroatoms. The van der Waals surface area contributed by atoms with Gasteiger partial charge in [0, 0.05) is 167 Å². The standard InChI is InChI=1S/C81H68Cl4N8/c1-86(2)57-25-33-65(34-26-57)90(61-17-9-53(82)10-18-61)69-41-45-73-74-46-42-70(91(62-19-11-54(83)12-20-62)66-35-27-58(28-36-66)87(3)4)50-78(74)81(77(73)49-69)79-51-71(92(63-21-13-55(84)14-22-63)67-37-29-59(30-38-67)88(5)6)43-47-75(79)76-48-44-72(52-80(76)81)93(64-23-15-56(85)16-24-64)68-39-31-60(32-40-68)89(7)8/h9-52H,1-8H3. The molecule has 0 unspecified atom stereocenters. The van der Waals surface area contributed by atoms with Gasteiger partial charge in [0.2, 0.25) is 0 Å². The minimum absolute atomic E-state index is 0.662. The first kappa shape index (κ1) is 60.7. The number of benzene rings is 12. The predicted octanol–water partition coefficient (Wildman–Crippen LogP) is 22.8. The highest BCUT2D eigenvalue weighted by molar-refractivity contribution is 6.31. The van der Waals surface area contributed by atoms with Crippen LogP contribution >= 0.6 is 46.4 Å². The van der Waals surface area contributed by atoms with Gasteiger partial charge in [-0.05, 0) is 287 Å². The third kappa shape index (κ3) is 11.1. The molecule has 0 aromatic heterocycles. The molecule has 0 radical (unpaired) electrons. The molecule has 8 nitrogen and oxygen atoms in total. The van der Waals surface area contributed by atoms with E-state index in [-0.39, 0.29) is 0 Å². The van der Waals surface area contributed by atoms with Crippen LogP contribution in [0.1, 0.15) is 22.3 Å². The summed E-state index contributed by atoms with van der Waals surface area (Å²) in [6.45, 7) is 0. The summed E-state index contributed by atoms with van der Waals surface area (Å²) < 4.78 is 0. The van der Waals surface area contributed by atoms with Gasteiger partial charge >= 0.3 is 0 Å². The Morgan fingerprint density at radius 3 is 0.484 bits per heavy atom. The van der Waals surface area contributed by atoms with E-state index < -0.39 is 5.41 Å². The minimum atomic E-state index is -0.977. The molecule has 0 saturated heterocycles. The van der Waals surface area contributed by atoms with Crippen molar-refractivity contribution in [2.24, 2.45) is 0 Å². The topological polar surface area (TPSA) is 25.9 Å². The first-order valence-corrected chi connectivity index (χ1v) is 32.4. The summed E-state index contributed by atoms with van der Waals surface area (Å²) in [5.41, 5.74) is 24.3. The third-order valence-electron chi connectivity index (χ3n) is 18.1. The Morgan fingerprint density at radius 1 is 0.183 bits per heavy atom. The SMILES string of the molecule is CN(C)c1ccc(N(c2ccc(Cl)cc2)c2ccc3c(c2)C2(c4cc(N(c5ccc(Cl)cc5)c5ccc(N(C)C)cc5)ccc4-3)c3cc(N(c4ccc(Cl)cc4)c4ccc(N(C)C)cc4)ccc3-c3ccc(N(c4ccc(Cl)cc4)c4ccc(N(C)C)cc4)cc32)cc1. The number of hydrogen-bond donors (Lipinski definition) is 0. The van der Waals surface area contributed by atoms with Crippen LogP contribution in [-0.2, 0) is 5.41 Å². The second kappa shape index (κ2) is 24.7. The van der Waals surface area contributed by atoms with Crippen molar-refractivity contribution < 1.29 is 0 Å². The van der Waals surface area contributed by atoms with Crippen LogP contribution in [0.2, 0.25) is 20.1 Å². The second-order valence-corrected chi connectivity index (χ2v) is 26.3. The Morgan fingerprint density at radius 2 is 0.323 bits per heavy atom. The van der Waals surface area contributed by atoms with Crippen molar-refractivity contribution in [1.29, 1.82) is 0 Å². The molecule has 0 bridgehead atoms. The van der Waals surface area contributed by atoms with Crippen LogP contribution in [0.15, 0.2) is 267 Å². The molecule has 460 valence electrons. The highest BCUT2D eigenvalue weighted by Gasteiger charge is 2.53. The lowest BCUT2D eigenvalue weighted by Gasteiger charge is -2.35. The molecule has 2 aliphatic carbocycles. The summed E-state index contributed by atoms with van der Waals surface area (Å²) >= 11 is 26.9. The Hall–Kier alpha value is -9.80. The highest BCUT2D eigenvalue weighted by atomic mass is 35.5. The molecule has 2 aliphatic rings. The first-order valence-electron chi connectivity index (χ1n) is 30.9. The van der Waals surface area contributed by atoms with Crippen molar-refractivity contribution in [2.75, 3.05) is 95.6 Å². The lowest BCUT2D eigenvalue weighted by Crippen LogP contribution is -2.27. The monoisotopic (exact) mass is 1290 g/mol. The molecule has 12 aromatic rings. The van der Waals surface area contributed by atoms with E-state index in [0.29, 0.717) is 20.1 Å². The van der Waals surface area contributed by atoms with Gasteiger partial charge in [-0.2, -0.15) is 0 Å². The van der Waals surface area contributed by atoms with Gasteiger partial charge in [0.15, 0.2) is 0 Å². The van der Waals surface area contributed by atoms with Gasteiger partial charge in [-0.25, -0.2) is 0 Å². The number of anilines is 16. The second-order valence-electron chi connectivity index (χ2n) is 24.6. The molecule has 14 rings (SSSR count). The maximum atomic E-state index is 6.73. The number of fused-ring (bicyclic) bond motifs is 10. The van der Waals surface area contributed by atoms with Gasteiger partial charge in [0.25, 0.3) is 0 Å². The van der Waals surface area contributed by atoms with E-state index in [0.717, 1.165) is 136 Å². The fourth-order valence-electron chi connectivity index (χ4n) is 13.5. The van der Waals surface area contributed by atoms with Crippen molar-refractivity contribution in [3.63, 3.8) is 0 Å². The lowest BCUT2D eigenvalue weighted by atomic mass is 9.70. The smallest absolute Gasteiger partial charge is 0.0728 e. The Labute approximate surface area is 566 Å². The van der Waals surface area contributed by atoms with E-state index in [4.69, 9.17) is 46.4 Å². The molecule has 0 heterocycles. The van der Waals surface area contributed by atoms with Gasteiger partial charge in [-0.15, -0.1) is 0 Å². The van der Waals surface area contributed by atoms with Crippen LogP contribution in [0.25, 0.3) is 22.3 Å². The molecule has 0 saturated carbocycles. The summed E-state index contributed by atoms with van der Waals surface area (Å²) in [4.78, 5) is 17.9. The van der Waals surface area contributed by atoms with E-state index >= 15 is 0 Å². The van der Waals surface area contributed by atoms with Gasteiger partial charge in [0.05, 0.1) is 5.41 Å². The summed E-state index contributed by atoms with van der Waals surface area (Å²) in [6.07, 6.45) is 0. The quantitative estimate of drug-likeness (QED) is 0.0944. The molecule has 93 heavy (non-hydrogen) atoms. The molecule has 12 aromatic carbocycles. The lowest BCUT2D eigenvalue weighted by molar-refractivity contribution is 0.793. The zero-order valence-corrected chi connectivity index (χ0v) is 56.0. The van der Waals surface area contributed by atoms with E-state index in [1.165, 1.54) is 0 Å². The predicted molar refractivity (Wildman–Crippen MR) is 399 cm³/mol. The number of nitrogens with zero attached hydrogens (tertiary/aromatic N) is 8. The van der Waals surface area contributed by atoms with Crippen LogP contribution in [0.4, 0.5) is 91.0 Å². The van der Waals surface area contributed by atoms with Crippen LogP contribution in [-0.4, -0.2) is 56.4 Å². The van der Waals surface area contributed by atoms with Crippen LogP contribution < -0.4 is 39.2 Å². The summed E-state index contributed by atoms with van der Waals surface area (Å²) in [7, 11) is 16.6. The Bertz CT molecular complexity index is 4100. The van der Waals surface area contributed by atoms with Gasteiger partial charge in [-0.1, -0.05) is 70.7 Å². The van der Waals surface area contributed by atoms with E-state index in [1.807, 2.05) is 48.5 Å². The summed E-state index contributed by atoms with van der Waals surface area (Å²) in [5.74, 6) is 0. The maximum Gasteiger partial charge on any atom is 0.0728 e. The van der Waals surface area contributed by atoms with Crippen molar-refractivity contribution in [3.8, 4) is 22.3 Å². The number of rotatable bonds is 16. The van der Waals surface area contributed by atoms with Crippen LogP contribution in [0.3, 0.4) is 0 Å². The van der Waals surface area contributed by atoms with E-state index in [2.05, 4.69) is 314 Å². The fourth-order valence-corrected chi connectivity index (χ4v) is 14.0. The van der Waals surface area contributed by atoms with Crippen LogP contribution in [0, 0.1) is 0 Å². The normalized spacial score (nSPS) is 12.2. The number of halogens is 4. The van der Waals surface area contributed by atoms with E-state index in [9.17, 15) is 0 Å². The Balaban J connectivity index is 1.10. The zero-order chi connectivity index (χ0) is 64.4.